The Kier molecular flexibility index (Phi) is 4.11. The lowest BCUT2D eigenvalue weighted by Crippen LogP contribution is -2.28. The summed E-state index contributed by atoms with van der Waals surface area (Å²) in [4.78, 5) is 0. The zero-order valence-electron chi connectivity index (χ0n) is 11.2. The summed E-state index contributed by atoms with van der Waals surface area (Å²) in [6, 6.07) is 8.71. The average Bonchev–Trinajstić information content (AvgIpc) is 3.15. The van der Waals surface area contributed by atoms with Gasteiger partial charge in [0.2, 0.25) is 0 Å². The first-order valence-electron chi connectivity index (χ1n) is 7.39. The van der Waals surface area contributed by atoms with E-state index in [4.69, 9.17) is 11.6 Å². The zero-order chi connectivity index (χ0) is 13.2. The second-order valence-electron chi connectivity index (χ2n) is 6.11. The molecule has 0 bridgehead atoms. The highest BCUT2D eigenvalue weighted by atomic mass is 35.5. The summed E-state index contributed by atoms with van der Waals surface area (Å²) in [6.07, 6.45) is 5.68. The minimum atomic E-state index is -0.0679. The van der Waals surface area contributed by atoms with E-state index in [0.717, 1.165) is 36.7 Å². The Morgan fingerprint density at radius 2 is 1.89 bits per heavy atom. The fraction of sp³-hybridized carbons (Fsp3) is 0.625. The van der Waals surface area contributed by atoms with E-state index in [-0.39, 0.29) is 6.10 Å². The number of halogens is 1. The predicted octanol–water partition coefficient (Wildman–Crippen LogP) is 3.54. The van der Waals surface area contributed by atoms with Crippen LogP contribution in [0.3, 0.4) is 0 Å². The van der Waals surface area contributed by atoms with Crippen LogP contribution in [-0.4, -0.2) is 17.8 Å². The van der Waals surface area contributed by atoms with Gasteiger partial charge in [-0.15, -0.1) is 0 Å². The van der Waals surface area contributed by atoms with Crippen LogP contribution in [0.5, 0.6) is 0 Å². The molecule has 19 heavy (non-hydrogen) atoms. The first kappa shape index (κ1) is 13.4. The van der Waals surface area contributed by atoms with Crippen LogP contribution in [0.25, 0.3) is 0 Å². The number of aliphatic hydroxyl groups excluding tert-OH is 1. The monoisotopic (exact) mass is 279 g/mol. The minimum absolute atomic E-state index is 0.0679. The summed E-state index contributed by atoms with van der Waals surface area (Å²) < 4.78 is 0. The lowest BCUT2D eigenvalue weighted by atomic mass is 10.0. The van der Waals surface area contributed by atoms with Crippen molar-refractivity contribution in [3.63, 3.8) is 0 Å². The predicted molar refractivity (Wildman–Crippen MR) is 78.3 cm³/mol. The molecule has 0 aromatic heterocycles. The summed E-state index contributed by atoms with van der Waals surface area (Å²) in [5, 5.41) is 14.1. The first-order valence-corrected chi connectivity index (χ1v) is 7.77. The van der Waals surface area contributed by atoms with E-state index in [2.05, 4.69) is 17.4 Å². The van der Waals surface area contributed by atoms with Gasteiger partial charge in [0.25, 0.3) is 0 Å². The van der Waals surface area contributed by atoms with Gasteiger partial charge < -0.3 is 10.4 Å². The number of nitrogens with one attached hydrogen (secondary N) is 1. The molecule has 1 aromatic rings. The molecule has 2 saturated carbocycles. The molecule has 104 valence electrons. The highest BCUT2D eigenvalue weighted by Gasteiger charge is 2.33. The third-order valence-corrected chi connectivity index (χ3v) is 4.71. The number of hydrogen-bond acceptors (Lipinski definition) is 2. The molecule has 0 spiro atoms. The molecule has 0 aliphatic heterocycles. The number of hydrogen-bond donors (Lipinski definition) is 2. The highest BCUT2D eigenvalue weighted by molar-refractivity contribution is 6.30. The maximum atomic E-state index is 9.59. The van der Waals surface area contributed by atoms with Gasteiger partial charge in [-0.3, -0.25) is 0 Å². The molecule has 3 rings (SSSR count). The van der Waals surface area contributed by atoms with E-state index < -0.39 is 0 Å². The van der Waals surface area contributed by atoms with Gasteiger partial charge in [0.1, 0.15) is 0 Å². The van der Waals surface area contributed by atoms with E-state index in [1.807, 2.05) is 12.1 Å². The smallest absolute Gasteiger partial charge is 0.0543 e. The van der Waals surface area contributed by atoms with Crippen LogP contribution in [0.1, 0.15) is 43.7 Å². The molecular weight excluding hydrogens is 258 g/mol. The molecule has 3 unspecified atom stereocenters. The van der Waals surface area contributed by atoms with Crippen LogP contribution in [-0.2, 0) is 0 Å². The summed E-state index contributed by atoms with van der Waals surface area (Å²) in [5.74, 6) is 1.43. The number of aliphatic hydroxyl groups is 1. The summed E-state index contributed by atoms with van der Waals surface area (Å²) in [5.41, 5.74) is 1.35. The molecule has 2 nitrogen and oxygen atoms in total. The van der Waals surface area contributed by atoms with E-state index in [1.165, 1.54) is 18.4 Å². The fourth-order valence-electron chi connectivity index (χ4n) is 3.18. The van der Waals surface area contributed by atoms with Crippen molar-refractivity contribution in [2.75, 3.05) is 6.54 Å². The van der Waals surface area contributed by atoms with Crippen molar-refractivity contribution in [3.8, 4) is 0 Å². The highest BCUT2D eigenvalue weighted by Crippen LogP contribution is 2.41. The van der Waals surface area contributed by atoms with Crippen LogP contribution in [0.15, 0.2) is 24.3 Å². The van der Waals surface area contributed by atoms with Crippen molar-refractivity contribution in [1.82, 2.24) is 5.32 Å². The van der Waals surface area contributed by atoms with Gasteiger partial charge in [0.15, 0.2) is 0 Å². The van der Waals surface area contributed by atoms with Gasteiger partial charge in [0, 0.05) is 11.1 Å². The van der Waals surface area contributed by atoms with Crippen LogP contribution < -0.4 is 5.32 Å². The Hall–Kier alpha value is -0.570. The molecule has 0 heterocycles. The molecule has 2 N–H and O–H groups in total. The van der Waals surface area contributed by atoms with Crippen LogP contribution in [0, 0.1) is 11.8 Å². The van der Waals surface area contributed by atoms with Crippen molar-refractivity contribution >= 4 is 11.6 Å². The van der Waals surface area contributed by atoms with Crippen LogP contribution in [0.2, 0.25) is 5.02 Å². The topological polar surface area (TPSA) is 32.3 Å². The SMILES string of the molecule is OC1CCC(CNC(c2ccc(Cl)cc2)C2CC2)C1. The minimum Gasteiger partial charge on any atom is -0.393 e. The van der Waals surface area contributed by atoms with Crippen LogP contribution in [0.4, 0.5) is 0 Å². The second kappa shape index (κ2) is 5.82. The number of rotatable bonds is 5. The molecule has 2 aliphatic rings. The maximum absolute atomic E-state index is 9.59. The van der Waals surface area contributed by atoms with Gasteiger partial charge in [-0.2, -0.15) is 0 Å². The number of benzene rings is 1. The Labute approximate surface area is 120 Å². The lowest BCUT2D eigenvalue weighted by molar-refractivity contribution is 0.177. The Morgan fingerprint density at radius 3 is 2.47 bits per heavy atom. The van der Waals surface area contributed by atoms with E-state index in [1.54, 1.807) is 0 Å². The Morgan fingerprint density at radius 1 is 1.16 bits per heavy atom. The van der Waals surface area contributed by atoms with E-state index in [9.17, 15) is 5.11 Å². The zero-order valence-corrected chi connectivity index (χ0v) is 11.9. The summed E-state index contributed by atoms with van der Waals surface area (Å²) in [7, 11) is 0. The molecule has 1 aromatic carbocycles. The van der Waals surface area contributed by atoms with Gasteiger partial charge in [-0.25, -0.2) is 0 Å². The molecule has 0 saturated heterocycles. The quantitative estimate of drug-likeness (QED) is 0.864. The van der Waals surface area contributed by atoms with Crippen molar-refractivity contribution in [2.45, 2.75) is 44.2 Å². The van der Waals surface area contributed by atoms with E-state index >= 15 is 0 Å². The molecular formula is C16H22ClNO. The second-order valence-corrected chi connectivity index (χ2v) is 6.54. The first-order chi connectivity index (χ1) is 9.22. The van der Waals surface area contributed by atoms with Crippen LogP contribution >= 0.6 is 11.6 Å². The summed E-state index contributed by atoms with van der Waals surface area (Å²) in [6.45, 7) is 1.03. The average molecular weight is 280 g/mol. The fourth-order valence-corrected chi connectivity index (χ4v) is 3.31. The van der Waals surface area contributed by atoms with Crippen molar-refractivity contribution in [3.05, 3.63) is 34.9 Å². The standard InChI is InChI=1S/C16H22ClNO/c17-14-6-4-13(5-7-14)16(12-2-3-12)18-10-11-1-8-15(19)9-11/h4-7,11-12,15-16,18-19H,1-3,8-10H2. The van der Waals surface area contributed by atoms with Gasteiger partial charge in [0.05, 0.1) is 6.10 Å². The lowest BCUT2D eigenvalue weighted by Gasteiger charge is -2.21. The molecule has 0 amide bonds. The largest absolute Gasteiger partial charge is 0.393 e. The molecule has 0 radical (unpaired) electrons. The normalized spacial score (nSPS) is 28.5. The van der Waals surface area contributed by atoms with E-state index in [0.29, 0.717) is 12.0 Å². The Balaban J connectivity index is 1.60. The molecule has 3 atom stereocenters. The van der Waals surface area contributed by atoms with Gasteiger partial charge in [-0.05, 0) is 68.2 Å². The molecule has 2 aliphatic carbocycles. The Bertz CT molecular complexity index is 415. The van der Waals surface area contributed by atoms with Gasteiger partial charge >= 0.3 is 0 Å². The third kappa shape index (κ3) is 3.50. The van der Waals surface area contributed by atoms with Crippen molar-refractivity contribution < 1.29 is 5.11 Å². The molecule has 3 heteroatoms. The van der Waals surface area contributed by atoms with Gasteiger partial charge in [-0.1, -0.05) is 23.7 Å². The molecule has 2 fully saturated rings. The van der Waals surface area contributed by atoms with Crippen molar-refractivity contribution in [2.24, 2.45) is 11.8 Å². The third-order valence-electron chi connectivity index (χ3n) is 4.46. The summed E-state index contributed by atoms with van der Waals surface area (Å²) >= 11 is 5.96. The van der Waals surface area contributed by atoms with Crippen molar-refractivity contribution in [1.29, 1.82) is 0 Å². The maximum Gasteiger partial charge on any atom is 0.0543 e.